The van der Waals surface area contributed by atoms with E-state index in [0.717, 1.165) is 44.7 Å². The molecule has 1 aromatic heterocycles. The summed E-state index contributed by atoms with van der Waals surface area (Å²) in [5.74, 6) is 0.269. The fourth-order valence-corrected chi connectivity index (χ4v) is 3.75. The van der Waals surface area contributed by atoms with Crippen molar-refractivity contribution in [2.24, 2.45) is 0 Å². The normalized spacial score (nSPS) is 15.2. The maximum Gasteiger partial charge on any atom is 0.222 e. The number of pyridine rings is 1. The minimum atomic E-state index is 0.269. The highest BCUT2D eigenvalue weighted by atomic mass is 16.2. The Kier molecular flexibility index (Phi) is 5.45. The Morgan fingerprint density at radius 1 is 0.889 bits per heavy atom. The molecule has 4 rings (SSSR count). The van der Waals surface area contributed by atoms with Crippen LogP contribution in [-0.4, -0.2) is 46.9 Å². The van der Waals surface area contributed by atoms with Gasteiger partial charge in [0, 0.05) is 50.7 Å². The van der Waals surface area contributed by atoms with E-state index >= 15 is 0 Å². The van der Waals surface area contributed by atoms with Gasteiger partial charge >= 0.3 is 0 Å². The summed E-state index contributed by atoms with van der Waals surface area (Å²) in [6.45, 7) is 4.35. The molecule has 4 heteroatoms. The third-order valence-electron chi connectivity index (χ3n) is 5.31. The Morgan fingerprint density at radius 3 is 2.48 bits per heavy atom. The van der Waals surface area contributed by atoms with Gasteiger partial charge in [0.05, 0.1) is 5.52 Å². The van der Waals surface area contributed by atoms with Crippen molar-refractivity contribution in [3.63, 3.8) is 0 Å². The molecule has 3 aromatic rings. The number of aryl methyl sites for hydroxylation is 1. The van der Waals surface area contributed by atoms with Crippen molar-refractivity contribution in [1.82, 2.24) is 14.8 Å². The second-order valence-corrected chi connectivity index (χ2v) is 7.13. The Bertz CT molecular complexity index is 896. The van der Waals surface area contributed by atoms with Gasteiger partial charge in [-0.25, -0.2) is 0 Å². The van der Waals surface area contributed by atoms with E-state index in [2.05, 4.69) is 46.3 Å². The van der Waals surface area contributed by atoms with Crippen LogP contribution >= 0.6 is 0 Å². The predicted molar refractivity (Wildman–Crippen MR) is 108 cm³/mol. The van der Waals surface area contributed by atoms with Crippen molar-refractivity contribution in [1.29, 1.82) is 0 Å². The fraction of sp³-hybridized carbons (Fsp3) is 0.304. The highest BCUT2D eigenvalue weighted by Gasteiger charge is 2.21. The summed E-state index contributed by atoms with van der Waals surface area (Å²) in [5.41, 5.74) is 3.58. The molecule has 138 valence electrons. The summed E-state index contributed by atoms with van der Waals surface area (Å²) in [4.78, 5) is 21.5. The summed E-state index contributed by atoms with van der Waals surface area (Å²) in [6.07, 6.45) is 3.27. The van der Waals surface area contributed by atoms with E-state index in [1.54, 1.807) is 0 Å². The number of hydrogen-bond donors (Lipinski definition) is 0. The van der Waals surface area contributed by atoms with Gasteiger partial charge < -0.3 is 4.90 Å². The van der Waals surface area contributed by atoms with Gasteiger partial charge in [-0.05, 0) is 23.6 Å². The number of rotatable bonds is 5. The number of carbonyl (C=O) groups excluding carboxylic acids is 1. The van der Waals surface area contributed by atoms with Crippen LogP contribution in [0.2, 0.25) is 0 Å². The van der Waals surface area contributed by atoms with Crippen LogP contribution < -0.4 is 0 Å². The van der Waals surface area contributed by atoms with Gasteiger partial charge in [-0.2, -0.15) is 0 Å². The highest BCUT2D eigenvalue weighted by Crippen LogP contribution is 2.18. The maximum atomic E-state index is 12.5. The molecule has 1 saturated heterocycles. The first-order chi connectivity index (χ1) is 13.3. The predicted octanol–water partition coefficient (Wildman–Crippen LogP) is 3.51. The zero-order valence-corrected chi connectivity index (χ0v) is 15.6. The first-order valence-corrected chi connectivity index (χ1v) is 9.66. The van der Waals surface area contributed by atoms with Crippen LogP contribution in [0.25, 0.3) is 10.9 Å². The molecule has 1 aliphatic rings. The molecule has 0 N–H and O–H groups in total. The van der Waals surface area contributed by atoms with E-state index in [1.165, 1.54) is 16.5 Å². The van der Waals surface area contributed by atoms with E-state index in [1.807, 2.05) is 35.4 Å². The lowest BCUT2D eigenvalue weighted by molar-refractivity contribution is -0.133. The molecule has 27 heavy (non-hydrogen) atoms. The first kappa shape index (κ1) is 17.7. The largest absolute Gasteiger partial charge is 0.340 e. The van der Waals surface area contributed by atoms with Crippen LogP contribution in [0.1, 0.15) is 17.5 Å². The quantitative estimate of drug-likeness (QED) is 0.699. The van der Waals surface area contributed by atoms with Crippen molar-refractivity contribution in [2.75, 3.05) is 26.2 Å². The number of para-hydroxylation sites is 1. The molecule has 0 saturated carbocycles. The number of amides is 1. The molecule has 0 bridgehead atoms. The molecule has 0 unspecified atom stereocenters. The van der Waals surface area contributed by atoms with Crippen molar-refractivity contribution >= 4 is 16.8 Å². The Hall–Kier alpha value is -2.72. The molecule has 0 aliphatic carbocycles. The summed E-state index contributed by atoms with van der Waals surface area (Å²) in [7, 11) is 0. The lowest BCUT2D eigenvalue weighted by Crippen LogP contribution is -2.48. The van der Waals surface area contributed by atoms with Gasteiger partial charge in [0.1, 0.15) is 0 Å². The van der Waals surface area contributed by atoms with Gasteiger partial charge in [-0.15, -0.1) is 0 Å². The third kappa shape index (κ3) is 4.34. The molecular formula is C23H25N3O. The lowest BCUT2D eigenvalue weighted by atomic mass is 10.1. The second-order valence-electron chi connectivity index (χ2n) is 7.13. The van der Waals surface area contributed by atoms with Crippen molar-refractivity contribution < 1.29 is 4.79 Å². The number of carbonyl (C=O) groups is 1. The highest BCUT2D eigenvalue weighted by molar-refractivity contribution is 5.81. The molecule has 4 nitrogen and oxygen atoms in total. The van der Waals surface area contributed by atoms with Crippen LogP contribution in [0, 0.1) is 0 Å². The smallest absolute Gasteiger partial charge is 0.222 e. The van der Waals surface area contributed by atoms with Crippen LogP contribution in [0.5, 0.6) is 0 Å². The number of hydrogen-bond acceptors (Lipinski definition) is 3. The zero-order valence-electron chi connectivity index (χ0n) is 15.6. The van der Waals surface area contributed by atoms with Crippen molar-refractivity contribution in [3.8, 4) is 0 Å². The molecular weight excluding hydrogens is 334 g/mol. The van der Waals surface area contributed by atoms with E-state index in [0.29, 0.717) is 6.42 Å². The SMILES string of the molecule is O=C(CCc1ccccc1)N1CCN(Cc2cccc3cccnc23)CC1. The standard InChI is InChI=1S/C23H25N3O/c27-22(12-11-19-6-2-1-3-7-19)26-16-14-25(15-17-26)18-21-9-4-8-20-10-5-13-24-23(20)21/h1-10,13H,11-12,14-18H2. The van der Waals surface area contributed by atoms with Crippen molar-refractivity contribution in [2.45, 2.75) is 19.4 Å². The second kappa shape index (κ2) is 8.31. The molecule has 1 amide bonds. The fourth-order valence-electron chi connectivity index (χ4n) is 3.75. The molecule has 1 aliphatic heterocycles. The monoisotopic (exact) mass is 359 g/mol. The molecule has 1 fully saturated rings. The van der Waals surface area contributed by atoms with Crippen LogP contribution in [0.3, 0.4) is 0 Å². The lowest BCUT2D eigenvalue weighted by Gasteiger charge is -2.35. The first-order valence-electron chi connectivity index (χ1n) is 9.66. The molecule has 0 atom stereocenters. The van der Waals surface area contributed by atoms with E-state index in [-0.39, 0.29) is 5.91 Å². The number of aromatic nitrogens is 1. The summed E-state index contributed by atoms with van der Waals surface area (Å²) < 4.78 is 0. The van der Waals surface area contributed by atoms with Gasteiger partial charge in [0.15, 0.2) is 0 Å². The zero-order chi connectivity index (χ0) is 18.5. The topological polar surface area (TPSA) is 36.4 Å². The average molecular weight is 359 g/mol. The summed E-state index contributed by atoms with van der Waals surface area (Å²) in [5, 5.41) is 1.18. The van der Waals surface area contributed by atoms with E-state index in [9.17, 15) is 4.79 Å². The molecule has 0 radical (unpaired) electrons. The summed E-state index contributed by atoms with van der Waals surface area (Å²) in [6, 6.07) is 20.7. The van der Waals surface area contributed by atoms with E-state index < -0.39 is 0 Å². The minimum absolute atomic E-state index is 0.269. The number of piperazine rings is 1. The number of nitrogens with zero attached hydrogens (tertiary/aromatic N) is 3. The van der Waals surface area contributed by atoms with Gasteiger partial charge in [0.25, 0.3) is 0 Å². The minimum Gasteiger partial charge on any atom is -0.340 e. The van der Waals surface area contributed by atoms with Crippen molar-refractivity contribution in [3.05, 3.63) is 78.0 Å². The van der Waals surface area contributed by atoms with E-state index in [4.69, 9.17) is 0 Å². The summed E-state index contributed by atoms with van der Waals surface area (Å²) >= 11 is 0. The number of benzene rings is 2. The molecule has 2 aromatic carbocycles. The third-order valence-corrected chi connectivity index (χ3v) is 5.31. The Labute approximate surface area is 160 Å². The van der Waals surface area contributed by atoms with Gasteiger partial charge in [-0.3, -0.25) is 14.7 Å². The van der Waals surface area contributed by atoms with Crippen LogP contribution in [-0.2, 0) is 17.8 Å². The molecule has 0 spiro atoms. The Balaban J connectivity index is 1.30. The molecule has 2 heterocycles. The van der Waals surface area contributed by atoms with Gasteiger partial charge in [-0.1, -0.05) is 54.6 Å². The van der Waals surface area contributed by atoms with Gasteiger partial charge in [0.2, 0.25) is 5.91 Å². The number of fused-ring (bicyclic) bond motifs is 1. The average Bonchev–Trinajstić information content (AvgIpc) is 2.74. The maximum absolute atomic E-state index is 12.5. The van der Waals surface area contributed by atoms with Crippen LogP contribution in [0.4, 0.5) is 0 Å². The van der Waals surface area contributed by atoms with Crippen LogP contribution in [0.15, 0.2) is 66.9 Å². The Morgan fingerprint density at radius 2 is 1.67 bits per heavy atom.